The molecular weight excluding hydrogens is 726 g/mol. The van der Waals surface area contributed by atoms with Crippen LogP contribution in [-0.4, -0.2) is 126 Å². The molecule has 1 aliphatic rings. The van der Waals surface area contributed by atoms with Crippen LogP contribution in [0, 0.1) is 13.8 Å². The highest BCUT2D eigenvalue weighted by atomic mass is 79.9. The molecule has 52 heavy (non-hydrogen) atoms. The van der Waals surface area contributed by atoms with Crippen molar-refractivity contribution in [2.24, 2.45) is 0 Å². The Kier molecular flexibility index (Phi) is 19.1. The standard InChI is InChI=1S/C42H62NO8.BrH/c1-33-10-13-36-37-14-11-34(2)31-39(37)42(38(36)30-33,16-8-9-17-43(3,4)5)35-12-15-40(50-28-26-48-24-22-46-20-18-44-6)41(32-35)51-29-27-49-25-23-47-21-19-45-7;/h10-15,30-32H,8-9,16-29H2,1-7H3;1H/q+1;/p-1. The minimum atomic E-state index is -0.327. The van der Waals surface area contributed by atoms with Crippen LogP contribution >= 0.6 is 0 Å². The molecule has 0 spiro atoms. The first-order chi connectivity index (χ1) is 24.7. The number of nitrogens with zero attached hydrogens (tertiary/aromatic N) is 1. The Hall–Kier alpha value is -2.54. The average Bonchev–Trinajstić information content (AvgIpc) is 3.37. The summed E-state index contributed by atoms with van der Waals surface area (Å²) >= 11 is 0. The lowest BCUT2D eigenvalue weighted by molar-refractivity contribution is -0.870. The zero-order chi connectivity index (χ0) is 36.5. The number of hydrogen-bond acceptors (Lipinski definition) is 8. The number of quaternary nitrogens is 1. The predicted molar refractivity (Wildman–Crippen MR) is 202 cm³/mol. The molecule has 0 bridgehead atoms. The Morgan fingerprint density at radius 1 is 0.519 bits per heavy atom. The van der Waals surface area contributed by atoms with Crippen molar-refractivity contribution in [1.29, 1.82) is 0 Å². The van der Waals surface area contributed by atoms with E-state index in [0.29, 0.717) is 90.8 Å². The van der Waals surface area contributed by atoms with Gasteiger partial charge in [-0.05, 0) is 73.1 Å². The van der Waals surface area contributed by atoms with Crippen molar-refractivity contribution in [2.45, 2.75) is 38.5 Å². The van der Waals surface area contributed by atoms with Gasteiger partial charge in [0.15, 0.2) is 11.5 Å². The monoisotopic (exact) mass is 787 g/mol. The summed E-state index contributed by atoms with van der Waals surface area (Å²) in [7, 11) is 10.1. The largest absolute Gasteiger partial charge is 1.00 e. The molecule has 0 unspecified atom stereocenters. The van der Waals surface area contributed by atoms with Crippen LogP contribution in [0.25, 0.3) is 11.1 Å². The third-order valence-electron chi connectivity index (χ3n) is 9.21. The fraction of sp³-hybridized carbons (Fsp3) is 0.571. The van der Waals surface area contributed by atoms with Gasteiger partial charge in [-0.15, -0.1) is 0 Å². The van der Waals surface area contributed by atoms with Crippen LogP contribution in [0.15, 0.2) is 54.6 Å². The molecule has 0 atom stereocenters. The van der Waals surface area contributed by atoms with E-state index in [1.54, 1.807) is 14.2 Å². The van der Waals surface area contributed by atoms with Crippen LogP contribution in [0.5, 0.6) is 11.5 Å². The molecule has 290 valence electrons. The molecule has 0 aromatic heterocycles. The molecule has 0 saturated heterocycles. The molecule has 10 heteroatoms. The van der Waals surface area contributed by atoms with Gasteiger partial charge in [-0.3, -0.25) is 0 Å². The summed E-state index contributed by atoms with van der Waals surface area (Å²) in [5.41, 5.74) is 8.77. The zero-order valence-corrected chi connectivity index (χ0v) is 34.2. The van der Waals surface area contributed by atoms with E-state index < -0.39 is 0 Å². The first-order valence-corrected chi connectivity index (χ1v) is 18.4. The number of benzene rings is 3. The van der Waals surface area contributed by atoms with Gasteiger partial charge in [0.05, 0.1) is 93.8 Å². The molecule has 0 fully saturated rings. The van der Waals surface area contributed by atoms with Crippen molar-refractivity contribution in [3.8, 4) is 22.6 Å². The number of halogens is 1. The number of ether oxygens (including phenoxy) is 8. The topological polar surface area (TPSA) is 73.8 Å². The summed E-state index contributed by atoms with van der Waals surface area (Å²) in [6.07, 6.45) is 3.23. The first-order valence-electron chi connectivity index (χ1n) is 18.4. The van der Waals surface area contributed by atoms with Crippen molar-refractivity contribution >= 4 is 0 Å². The van der Waals surface area contributed by atoms with Crippen LogP contribution in [0.4, 0.5) is 0 Å². The van der Waals surface area contributed by atoms with Crippen LogP contribution in [0.3, 0.4) is 0 Å². The molecular formula is C42H62BrNO8. The lowest BCUT2D eigenvalue weighted by Crippen LogP contribution is -3.00. The quantitative estimate of drug-likeness (QED) is 0.0904. The van der Waals surface area contributed by atoms with E-state index in [2.05, 4.69) is 89.6 Å². The van der Waals surface area contributed by atoms with Gasteiger partial charge in [-0.1, -0.05) is 53.6 Å². The number of aryl methyl sites for hydroxylation is 2. The van der Waals surface area contributed by atoms with Gasteiger partial charge < -0.3 is 59.4 Å². The van der Waals surface area contributed by atoms with Crippen molar-refractivity contribution in [1.82, 2.24) is 0 Å². The number of rotatable bonds is 26. The second-order valence-electron chi connectivity index (χ2n) is 14.3. The summed E-state index contributed by atoms with van der Waals surface area (Å²) in [4.78, 5) is 0. The smallest absolute Gasteiger partial charge is 0.161 e. The van der Waals surface area contributed by atoms with Gasteiger partial charge >= 0.3 is 0 Å². The minimum absolute atomic E-state index is 0. The van der Waals surface area contributed by atoms with Gasteiger partial charge in [0, 0.05) is 19.6 Å². The maximum absolute atomic E-state index is 6.47. The number of fused-ring (bicyclic) bond motifs is 3. The molecule has 0 aliphatic heterocycles. The summed E-state index contributed by atoms with van der Waals surface area (Å²) in [5.74, 6) is 1.39. The summed E-state index contributed by atoms with van der Waals surface area (Å²) in [5, 5.41) is 0. The molecule has 3 aromatic rings. The Labute approximate surface area is 323 Å². The van der Waals surface area contributed by atoms with Gasteiger partial charge in [-0.25, -0.2) is 0 Å². The second kappa shape index (κ2) is 22.6. The van der Waals surface area contributed by atoms with E-state index in [0.717, 1.165) is 30.3 Å². The first kappa shape index (κ1) is 43.9. The Balaban J connectivity index is 0.00000729. The Bertz CT molecular complexity index is 1430. The molecule has 0 amide bonds. The van der Waals surface area contributed by atoms with E-state index >= 15 is 0 Å². The van der Waals surface area contributed by atoms with E-state index in [1.165, 1.54) is 38.9 Å². The highest BCUT2D eigenvalue weighted by Crippen LogP contribution is 2.56. The maximum Gasteiger partial charge on any atom is 0.161 e. The van der Waals surface area contributed by atoms with Gasteiger partial charge in [0.25, 0.3) is 0 Å². The molecule has 0 saturated carbocycles. The minimum Gasteiger partial charge on any atom is -1.00 e. The van der Waals surface area contributed by atoms with Crippen molar-refractivity contribution < 1.29 is 59.4 Å². The van der Waals surface area contributed by atoms with Crippen molar-refractivity contribution in [2.75, 3.05) is 121 Å². The van der Waals surface area contributed by atoms with E-state index in [1.807, 2.05) is 0 Å². The molecule has 4 rings (SSSR count). The number of methoxy groups -OCH3 is 2. The number of unbranched alkanes of at least 4 members (excludes halogenated alkanes) is 1. The van der Waals surface area contributed by atoms with Gasteiger partial charge in [-0.2, -0.15) is 0 Å². The normalized spacial score (nSPS) is 13.1. The third-order valence-corrected chi connectivity index (χ3v) is 9.21. The summed E-state index contributed by atoms with van der Waals surface area (Å²) in [6.45, 7) is 11.4. The average molecular weight is 789 g/mol. The second-order valence-corrected chi connectivity index (χ2v) is 14.3. The molecule has 0 N–H and O–H groups in total. The van der Waals surface area contributed by atoms with E-state index in [-0.39, 0.29) is 22.4 Å². The highest BCUT2D eigenvalue weighted by Gasteiger charge is 2.44. The summed E-state index contributed by atoms with van der Waals surface area (Å²) in [6, 6.07) is 20.4. The molecule has 3 aromatic carbocycles. The predicted octanol–water partition coefficient (Wildman–Crippen LogP) is 3.62. The molecule has 0 heterocycles. The van der Waals surface area contributed by atoms with Crippen molar-refractivity contribution in [3.05, 3.63) is 82.4 Å². The molecule has 0 radical (unpaired) electrons. The third kappa shape index (κ3) is 12.8. The summed E-state index contributed by atoms with van der Waals surface area (Å²) < 4.78 is 46.4. The molecule has 1 aliphatic carbocycles. The fourth-order valence-corrected chi connectivity index (χ4v) is 6.69. The Morgan fingerprint density at radius 2 is 0.981 bits per heavy atom. The van der Waals surface area contributed by atoms with Gasteiger partial charge in [0.2, 0.25) is 0 Å². The fourth-order valence-electron chi connectivity index (χ4n) is 6.69. The van der Waals surface area contributed by atoms with Crippen LogP contribution < -0.4 is 26.5 Å². The zero-order valence-electron chi connectivity index (χ0n) is 32.6. The number of hydrogen-bond donors (Lipinski definition) is 0. The van der Waals surface area contributed by atoms with Crippen molar-refractivity contribution in [3.63, 3.8) is 0 Å². The highest BCUT2D eigenvalue weighted by molar-refractivity contribution is 5.84. The molecule has 9 nitrogen and oxygen atoms in total. The maximum atomic E-state index is 6.47. The SMILES string of the molecule is COCCOCCOCCOc1ccc(C2(CCCC[N+](C)(C)C)c3cc(C)ccc3-c3ccc(C)cc32)cc1OCCOCCOCCOC.[Br-]. The van der Waals surface area contributed by atoms with Crippen LogP contribution in [-0.2, 0) is 33.8 Å². The Morgan fingerprint density at radius 3 is 1.46 bits per heavy atom. The van der Waals surface area contributed by atoms with E-state index in [4.69, 9.17) is 37.9 Å². The lowest BCUT2D eigenvalue weighted by atomic mass is 9.68. The van der Waals surface area contributed by atoms with Gasteiger partial charge in [0.1, 0.15) is 13.2 Å². The lowest BCUT2D eigenvalue weighted by Gasteiger charge is -2.34. The van der Waals surface area contributed by atoms with Crippen LogP contribution in [0.2, 0.25) is 0 Å². The van der Waals surface area contributed by atoms with E-state index in [9.17, 15) is 0 Å². The van der Waals surface area contributed by atoms with Crippen LogP contribution in [0.1, 0.15) is 47.1 Å².